The van der Waals surface area contributed by atoms with Crippen LogP contribution in [0, 0.1) is 0 Å². The van der Waals surface area contributed by atoms with Crippen LogP contribution in [-0.2, 0) is 22.4 Å². The number of rotatable bonds is 13. The monoisotopic (exact) mass is 787 g/mol. The van der Waals surface area contributed by atoms with Crippen molar-refractivity contribution in [2.75, 3.05) is 53.2 Å². The number of nitrogens with two attached hydrogens (primary N) is 1. The van der Waals surface area contributed by atoms with Crippen molar-refractivity contribution in [3.8, 4) is 45.5 Å². The molecule has 2 heterocycles. The molecule has 0 saturated heterocycles. The number of nitrogens with one attached hydrogen (secondary N) is 2. The Morgan fingerprint density at radius 2 is 0.983 bits per heavy atom. The predicted octanol–water partition coefficient (Wildman–Crippen LogP) is 7.60. The van der Waals surface area contributed by atoms with Gasteiger partial charge in [0.25, 0.3) is 0 Å². The number of amides is 2. The summed E-state index contributed by atoms with van der Waals surface area (Å²) in [6, 6.07) is 30.6. The largest absolute Gasteiger partial charge is 0.496 e. The molecule has 0 unspecified atom stereocenters. The van der Waals surface area contributed by atoms with Crippen molar-refractivity contribution >= 4 is 23.4 Å². The van der Waals surface area contributed by atoms with Gasteiger partial charge in [-0.1, -0.05) is 43.3 Å². The van der Waals surface area contributed by atoms with E-state index in [0.717, 1.165) is 56.5 Å². The Hall–Kier alpha value is -7.06. The number of benzene rings is 4. The highest BCUT2D eigenvalue weighted by molar-refractivity contribution is 5.92. The lowest BCUT2D eigenvalue weighted by Gasteiger charge is -2.12. The molecule has 58 heavy (non-hydrogen) atoms. The highest BCUT2D eigenvalue weighted by Crippen LogP contribution is 2.31. The fourth-order valence-electron chi connectivity index (χ4n) is 5.74. The van der Waals surface area contributed by atoms with Gasteiger partial charge < -0.3 is 34.7 Å². The Kier molecular flexibility index (Phi) is 16.9. The van der Waals surface area contributed by atoms with Crippen LogP contribution in [0.1, 0.15) is 35.9 Å². The van der Waals surface area contributed by atoms with E-state index in [9.17, 15) is 9.59 Å². The number of nitrogens with zero attached hydrogens (tertiary/aromatic N) is 4. The first-order chi connectivity index (χ1) is 28.3. The van der Waals surface area contributed by atoms with Crippen LogP contribution < -0.4 is 35.3 Å². The summed E-state index contributed by atoms with van der Waals surface area (Å²) in [5.41, 5.74) is 12.8. The fraction of sp³-hybridized carbons (Fsp3) is 0.227. The molecular formula is C44H49N7O7. The second kappa shape index (κ2) is 22.5. The van der Waals surface area contributed by atoms with E-state index in [0.29, 0.717) is 42.1 Å². The second-order valence-electron chi connectivity index (χ2n) is 12.1. The quantitative estimate of drug-likeness (QED) is 0.104. The molecule has 6 aromatic rings. The molecular weight excluding hydrogens is 739 g/mol. The molecule has 0 aliphatic rings. The van der Waals surface area contributed by atoms with E-state index in [-0.39, 0.29) is 5.91 Å². The first-order valence-corrected chi connectivity index (χ1v) is 18.2. The number of carbonyl (C=O) groups excluding carboxylic acids is 2. The Morgan fingerprint density at radius 1 is 0.552 bits per heavy atom. The summed E-state index contributed by atoms with van der Waals surface area (Å²) >= 11 is 0. The van der Waals surface area contributed by atoms with Gasteiger partial charge in [-0.2, -0.15) is 0 Å². The average molecular weight is 788 g/mol. The molecule has 0 atom stereocenters. The number of ether oxygens (including phenoxy) is 5. The van der Waals surface area contributed by atoms with E-state index in [1.54, 1.807) is 40.8 Å². The van der Waals surface area contributed by atoms with Crippen molar-refractivity contribution < 1.29 is 33.3 Å². The number of hydrogen-bond donors (Lipinski definition) is 3. The topological polar surface area (TPSA) is 182 Å². The zero-order chi connectivity index (χ0) is 41.9. The molecule has 0 spiro atoms. The van der Waals surface area contributed by atoms with E-state index >= 15 is 0 Å². The van der Waals surface area contributed by atoms with E-state index in [4.69, 9.17) is 18.9 Å². The van der Waals surface area contributed by atoms with E-state index in [2.05, 4.69) is 41.0 Å². The molecule has 2 aromatic heterocycles. The Labute approximate surface area is 338 Å². The number of carbonyl (C=O) groups is 2. The third-order valence-corrected chi connectivity index (χ3v) is 8.53. The maximum Gasteiger partial charge on any atom is 0.411 e. The van der Waals surface area contributed by atoms with Crippen LogP contribution in [0.25, 0.3) is 22.5 Å². The summed E-state index contributed by atoms with van der Waals surface area (Å²) in [6.07, 6.45) is 4.10. The SMILES string of the molecule is CCC(=O)Nc1cc(Cc2cc(-c3ccccc3OC)ncn2)ccc1OC.CN.COC(=O)Nc1cc(Cc2cc(-c3ccccc3OC)ncn2)ccc1OC. The van der Waals surface area contributed by atoms with Gasteiger partial charge in [0.1, 0.15) is 35.7 Å². The standard InChI is InChI=1S/C22H23N3O3.C21H21N3O4.CH5N/c1-4-22(26)25-19-12-15(9-10-21(19)28-3)11-16-13-18(24-14-23-16)17-7-5-6-8-20(17)27-2;1-26-19-7-5-4-6-16(19)17-12-15(22-13-23-17)10-14-8-9-20(27-2)18(11-14)24-21(25)28-3;1-2/h5-10,12-14H,4,11H2,1-3H3,(H,25,26);4-9,11-13H,10H2,1-3H3,(H,24,25);2H2,1H3. The molecule has 0 aliphatic carbocycles. The summed E-state index contributed by atoms with van der Waals surface area (Å²) < 4.78 is 26.1. The molecule has 0 fully saturated rings. The highest BCUT2D eigenvalue weighted by atomic mass is 16.5. The fourth-order valence-corrected chi connectivity index (χ4v) is 5.74. The minimum Gasteiger partial charge on any atom is -0.496 e. The second-order valence-corrected chi connectivity index (χ2v) is 12.1. The average Bonchev–Trinajstić information content (AvgIpc) is 3.27. The van der Waals surface area contributed by atoms with Gasteiger partial charge in [0.05, 0.1) is 58.3 Å². The number of aromatic nitrogens is 4. The van der Waals surface area contributed by atoms with E-state index in [1.807, 2.05) is 97.9 Å². The number of anilines is 2. The Bertz CT molecular complexity index is 2110. The minimum absolute atomic E-state index is 0.0593. The van der Waals surface area contributed by atoms with Gasteiger partial charge in [0, 0.05) is 41.8 Å². The molecule has 4 aromatic carbocycles. The zero-order valence-corrected chi connectivity index (χ0v) is 33.7. The molecule has 14 nitrogen and oxygen atoms in total. The third-order valence-electron chi connectivity index (χ3n) is 8.53. The zero-order valence-electron chi connectivity index (χ0n) is 33.7. The molecule has 0 aliphatic heterocycles. The van der Waals surface area contributed by atoms with Crippen molar-refractivity contribution in [2.24, 2.45) is 5.73 Å². The van der Waals surface area contributed by atoms with Crippen LogP contribution >= 0.6 is 0 Å². The van der Waals surface area contributed by atoms with Crippen LogP contribution in [0.15, 0.2) is 110 Å². The van der Waals surface area contributed by atoms with Gasteiger partial charge in [-0.05, 0) is 78.8 Å². The van der Waals surface area contributed by atoms with Gasteiger partial charge in [-0.25, -0.2) is 24.7 Å². The number of hydrogen-bond acceptors (Lipinski definition) is 12. The summed E-state index contributed by atoms with van der Waals surface area (Å²) in [7, 11) is 9.21. The lowest BCUT2D eigenvalue weighted by molar-refractivity contribution is -0.115. The van der Waals surface area contributed by atoms with Crippen molar-refractivity contribution in [3.63, 3.8) is 0 Å². The van der Waals surface area contributed by atoms with Crippen LogP contribution in [0.4, 0.5) is 16.2 Å². The van der Waals surface area contributed by atoms with Gasteiger partial charge in [0.15, 0.2) is 0 Å². The molecule has 6 rings (SSSR count). The molecule has 14 heteroatoms. The number of methoxy groups -OCH3 is 5. The predicted molar refractivity (Wildman–Crippen MR) is 225 cm³/mol. The van der Waals surface area contributed by atoms with Gasteiger partial charge in [-0.15, -0.1) is 0 Å². The Morgan fingerprint density at radius 3 is 1.40 bits per heavy atom. The van der Waals surface area contributed by atoms with Crippen LogP contribution in [-0.4, -0.2) is 74.5 Å². The first kappa shape index (κ1) is 43.7. The lowest BCUT2D eigenvalue weighted by atomic mass is 10.1. The van der Waals surface area contributed by atoms with Crippen molar-refractivity contribution in [3.05, 3.63) is 132 Å². The summed E-state index contributed by atoms with van der Waals surface area (Å²) in [6.45, 7) is 1.81. The summed E-state index contributed by atoms with van der Waals surface area (Å²) in [5.74, 6) is 2.63. The normalized spacial score (nSPS) is 10.1. The molecule has 302 valence electrons. The molecule has 0 radical (unpaired) electrons. The lowest BCUT2D eigenvalue weighted by Crippen LogP contribution is -2.12. The van der Waals surface area contributed by atoms with E-state index in [1.165, 1.54) is 20.5 Å². The maximum atomic E-state index is 11.8. The molecule has 2 amide bonds. The van der Waals surface area contributed by atoms with Gasteiger partial charge in [-0.3, -0.25) is 10.1 Å². The van der Waals surface area contributed by atoms with Crippen LogP contribution in [0.5, 0.6) is 23.0 Å². The van der Waals surface area contributed by atoms with Crippen LogP contribution in [0.3, 0.4) is 0 Å². The van der Waals surface area contributed by atoms with Crippen molar-refractivity contribution in [2.45, 2.75) is 26.2 Å². The molecule has 0 saturated carbocycles. The van der Waals surface area contributed by atoms with E-state index < -0.39 is 6.09 Å². The maximum absolute atomic E-state index is 11.8. The van der Waals surface area contributed by atoms with Crippen LogP contribution in [0.2, 0.25) is 0 Å². The van der Waals surface area contributed by atoms with Gasteiger partial charge >= 0.3 is 6.09 Å². The smallest absolute Gasteiger partial charge is 0.411 e. The third kappa shape index (κ3) is 12.0. The minimum atomic E-state index is -0.559. The van der Waals surface area contributed by atoms with Crippen molar-refractivity contribution in [1.82, 2.24) is 19.9 Å². The Balaban J connectivity index is 0.000000246. The number of para-hydroxylation sites is 2. The molecule has 0 bridgehead atoms. The van der Waals surface area contributed by atoms with Gasteiger partial charge in [0.2, 0.25) is 5.91 Å². The summed E-state index contributed by atoms with van der Waals surface area (Å²) in [4.78, 5) is 40.9. The molecule has 4 N–H and O–H groups in total. The first-order valence-electron chi connectivity index (χ1n) is 18.2. The highest BCUT2D eigenvalue weighted by Gasteiger charge is 2.13. The van der Waals surface area contributed by atoms with Crippen molar-refractivity contribution in [1.29, 1.82) is 0 Å². The summed E-state index contributed by atoms with van der Waals surface area (Å²) in [5, 5.41) is 5.53.